The molecule has 85 heavy (non-hydrogen) atoms. The Balaban J connectivity index is 0.792. The molecule has 15 aromatic carbocycles. The fraction of sp³-hybridized carbons (Fsp3) is 0. The summed E-state index contributed by atoms with van der Waals surface area (Å²) < 4.78 is 8.80. The maximum atomic E-state index is 6.31. The van der Waals surface area contributed by atoms with Crippen LogP contribution in [0, 0.1) is 0 Å². The van der Waals surface area contributed by atoms with Crippen LogP contribution >= 0.6 is 0 Å². The summed E-state index contributed by atoms with van der Waals surface area (Å²) in [6.07, 6.45) is 0. The fourth-order valence-corrected chi connectivity index (χ4v) is 13.5. The molecular weight excluding hydrogens is 1030 g/mol. The lowest BCUT2D eigenvalue weighted by atomic mass is 9.92. The lowest BCUT2D eigenvalue weighted by Gasteiger charge is -2.26. The Labute approximate surface area is 491 Å². The smallest absolute Gasteiger partial charge is 0.136 e. The van der Waals surface area contributed by atoms with Gasteiger partial charge in [-0.15, -0.1) is 0 Å². The number of benzene rings is 15. The predicted octanol–water partition coefficient (Wildman–Crippen LogP) is 23.1. The third-order valence-corrected chi connectivity index (χ3v) is 17.6. The van der Waals surface area contributed by atoms with Crippen molar-refractivity contribution in [3.05, 3.63) is 315 Å². The molecule has 0 aliphatic heterocycles. The summed E-state index contributed by atoms with van der Waals surface area (Å²) >= 11 is 0. The van der Waals surface area contributed by atoms with Crippen LogP contribution in [0.5, 0.6) is 0 Å². The maximum Gasteiger partial charge on any atom is 0.136 e. The number of fused-ring (bicyclic) bond motifs is 13. The van der Waals surface area contributed by atoms with Gasteiger partial charge < -0.3 is 13.9 Å². The van der Waals surface area contributed by atoms with E-state index >= 15 is 0 Å². The fourth-order valence-electron chi connectivity index (χ4n) is 13.5. The molecule has 2 heterocycles. The molecule has 0 unspecified atom stereocenters. The van der Waals surface area contributed by atoms with E-state index < -0.39 is 0 Å². The van der Waals surface area contributed by atoms with E-state index in [1.807, 2.05) is 12.1 Å². The highest BCUT2D eigenvalue weighted by Crippen LogP contribution is 2.45. The quantitative estimate of drug-likeness (QED) is 0.134. The molecular formula is C82H52N2O. The van der Waals surface area contributed by atoms with E-state index in [2.05, 4.69) is 313 Å². The molecule has 0 spiro atoms. The Kier molecular flexibility index (Phi) is 11.2. The molecule has 396 valence electrons. The van der Waals surface area contributed by atoms with Gasteiger partial charge in [-0.05, 0) is 184 Å². The minimum absolute atomic E-state index is 0.893. The molecule has 17 aromatic rings. The number of anilines is 3. The Morgan fingerprint density at radius 1 is 0.235 bits per heavy atom. The molecule has 0 aliphatic carbocycles. The van der Waals surface area contributed by atoms with Crippen molar-refractivity contribution in [3.8, 4) is 61.3 Å². The van der Waals surface area contributed by atoms with Gasteiger partial charge in [0.2, 0.25) is 0 Å². The third kappa shape index (κ3) is 8.12. The lowest BCUT2D eigenvalue weighted by Crippen LogP contribution is -2.09. The van der Waals surface area contributed by atoms with Crippen molar-refractivity contribution in [1.29, 1.82) is 0 Å². The molecule has 0 amide bonds. The molecule has 0 fully saturated rings. The summed E-state index contributed by atoms with van der Waals surface area (Å²) in [5, 5.41) is 14.8. The zero-order valence-electron chi connectivity index (χ0n) is 46.3. The summed E-state index contributed by atoms with van der Waals surface area (Å²) in [4.78, 5) is 2.36. The van der Waals surface area contributed by atoms with Crippen LogP contribution in [0.25, 0.3) is 148 Å². The van der Waals surface area contributed by atoms with Gasteiger partial charge in [0.05, 0.1) is 16.7 Å². The number of nitrogens with zero attached hydrogens (tertiary/aromatic N) is 2. The zero-order chi connectivity index (χ0) is 56.0. The normalized spacial score (nSPS) is 11.8. The van der Waals surface area contributed by atoms with E-state index in [1.165, 1.54) is 87.2 Å². The van der Waals surface area contributed by atoms with Crippen LogP contribution in [0.3, 0.4) is 0 Å². The van der Waals surface area contributed by atoms with Crippen molar-refractivity contribution in [2.45, 2.75) is 0 Å². The third-order valence-electron chi connectivity index (χ3n) is 17.6. The van der Waals surface area contributed by atoms with E-state index in [0.717, 1.165) is 78.0 Å². The first kappa shape index (κ1) is 48.4. The van der Waals surface area contributed by atoms with Gasteiger partial charge in [-0.2, -0.15) is 0 Å². The van der Waals surface area contributed by atoms with Crippen LogP contribution < -0.4 is 4.90 Å². The number of furan rings is 1. The molecule has 0 saturated carbocycles. The van der Waals surface area contributed by atoms with Gasteiger partial charge in [-0.3, -0.25) is 0 Å². The first-order chi connectivity index (χ1) is 42.1. The van der Waals surface area contributed by atoms with E-state index in [0.29, 0.717) is 0 Å². The minimum atomic E-state index is 0.893. The first-order valence-electron chi connectivity index (χ1n) is 29.2. The second kappa shape index (κ2) is 19.7. The molecule has 0 bridgehead atoms. The number of hydrogen-bond donors (Lipinski definition) is 0. The van der Waals surface area contributed by atoms with Gasteiger partial charge in [0.25, 0.3) is 0 Å². The molecule has 0 atom stereocenters. The predicted molar refractivity (Wildman–Crippen MR) is 360 cm³/mol. The van der Waals surface area contributed by atoms with Crippen molar-refractivity contribution in [2.24, 2.45) is 0 Å². The zero-order valence-corrected chi connectivity index (χ0v) is 46.3. The summed E-state index contributed by atoms with van der Waals surface area (Å²) in [5.41, 5.74) is 20.1. The van der Waals surface area contributed by atoms with Gasteiger partial charge in [0.15, 0.2) is 0 Å². The number of aromatic nitrogens is 1. The molecule has 0 radical (unpaired) electrons. The summed E-state index contributed by atoms with van der Waals surface area (Å²) in [5.74, 6) is 0. The Bertz CT molecular complexity index is 5420. The van der Waals surface area contributed by atoms with Gasteiger partial charge >= 0.3 is 0 Å². The molecule has 0 saturated heterocycles. The Morgan fingerprint density at radius 3 is 1.34 bits per heavy atom. The van der Waals surface area contributed by atoms with Crippen LogP contribution in [0.4, 0.5) is 17.1 Å². The lowest BCUT2D eigenvalue weighted by molar-refractivity contribution is 0.669. The van der Waals surface area contributed by atoms with Crippen LogP contribution in [-0.2, 0) is 0 Å². The monoisotopic (exact) mass is 1080 g/mol. The molecule has 3 nitrogen and oxygen atoms in total. The summed E-state index contributed by atoms with van der Waals surface area (Å²) in [6, 6.07) is 115. The van der Waals surface area contributed by atoms with E-state index in [9.17, 15) is 0 Å². The topological polar surface area (TPSA) is 21.3 Å². The van der Waals surface area contributed by atoms with Crippen molar-refractivity contribution >= 4 is 104 Å². The van der Waals surface area contributed by atoms with Crippen LogP contribution in [0.15, 0.2) is 320 Å². The van der Waals surface area contributed by atoms with Gasteiger partial charge in [-0.1, -0.05) is 224 Å². The average molecular weight is 1080 g/mol. The van der Waals surface area contributed by atoms with Crippen molar-refractivity contribution in [1.82, 2.24) is 4.57 Å². The molecule has 3 heteroatoms. The van der Waals surface area contributed by atoms with Gasteiger partial charge in [-0.25, -0.2) is 0 Å². The summed E-state index contributed by atoms with van der Waals surface area (Å²) in [6.45, 7) is 0. The van der Waals surface area contributed by atoms with Gasteiger partial charge in [0.1, 0.15) is 11.2 Å². The first-order valence-corrected chi connectivity index (χ1v) is 29.2. The Hall–Kier alpha value is -11.3. The highest BCUT2D eigenvalue weighted by atomic mass is 16.3. The van der Waals surface area contributed by atoms with Crippen LogP contribution in [-0.4, -0.2) is 4.57 Å². The van der Waals surface area contributed by atoms with Gasteiger partial charge in [0, 0.05) is 44.2 Å². The molecule has 2 aromatic heterocycles. The number of rotatable bonds is 9. The summed E-state index contributed by atoms with van der Waals surface area (Å²) in [7, 11) is 0. The second-order valence-corrected chi connectivity index (χ2v) is 22.3. The maximum absolute atomic E-state index is 6.31. The second-order valence-electron chi connectivity index (χ2n) is 22.3. The van der Waals surface area contributed by atoms with Crippen LogP contribution in [0.2, 0.25) is 0 Å². The SMILES string of the molecule is c1ccc(-c2ccc(N(c3ccc(-c4ccc5c(c4)c4cc(-c6ccc7ccccc7c6)ccc4n5-c4ccccc4-c4ccc5c6ccccc6c6ccccc6c5c4)cc3)c3ccc(-c4cccc5oc6ccccc6c45)cc3)cc2)cc1. The number of hydrogen-bond acceptors (Lipinski definition) is 2. The molecule has 0 aliphatic rings. The van der Waals surface area contributed by atoms with Crippen molar-refractivity contribution in [3.63, 3.8) is 0 Å². The standard InChI is InChI=1S/C82H52N2O/c1-2-15-53(16-3-1)55-31-40-63(41-32-55)83(65-44-35-57(36-45-65)67-25-14-28-81-82(67)73-24-11-13-27-80(73)85-81)64-42-33-56(34-43-64)60-38-47-78-75(50-60)76-51-61(59-30-29-54-17-4-5-18-58(54)49-59)39-48-79(76)84(78)77-26-12-10-19-66(77)62-37-46-72-70-22-7-6-20-68(70)69-21-8-9-23-71(69)74(72)52-62/h1-52H. The average Bonchev–Trinajstić information content (AvgIpc) is 3.87. The highest BCUT2D eigenvalue weighted by Gasteiger charge is 2.21. The van der Waals surface area contributed by atoms with E-state index in [1.54, 1.807) is 0 Å². The van der Waals surface area contributed by atoms with Crippen molar-refractivity contribution in [2.75, 3.05) is 4.90 Å². The minimum Gasteiger partial charge on any atom is -0.456 e. The Morgan fingerprint density at radius 2 is 0.671 bits per heavy atom. The molecule has 17 rings (SSSR count). The highest BCUT2D eigenvalue weighted by molar-refractivity contribution is 6.26. The largest absolute Gasteiger partial charge is 0.456 e. The molecule has 0 N–H and O–H groups in total. The van der Waals surface area contributed by atoms with Crippen molar-refractivity contribution < 1.29 is 4.42 Å². The van der Waals surface area contributed by atoms with Crippen LogP contribution in [0.1, 0.15) is 0 Å². The van der Waals surface area contributed by atoms with E-state index in [4.69, 9.17) is 4.42 Å². The number of para-hydroxylation sites is 2. The van der Waals surface area contributed by atoms with E-state index in [-0.39, 0.29) is 0 Å².